The zero-order valence-electron chi connectivity index (χ0n) is 23.1. The SMILES string of the molecule is CCCCCCCCC=CCCCCCCCC(=O)Oc1c2nc(SC)nc(C(=O)OCC)c2nn1C. The normalized spacial score (nSPS) is 11.5. The maximum Gasteiger partial charge on any atom is 0.359 e. The van der Waals surface area contributed by atoms with E-state index in [4.69, 9.17) is 9.47 Å². The van der Waals surface area contributed by atoms with E-state index in [1.807, 2.05) is 6.26 Å². The van der Waals surface area contributed by atoms with Gasteiger partial charge < -0.3 is 9.47 Å². The molecule has 2 rings (SSSR count). The first-order valence-corrected chi connectivity index (χ1v) is 15.1. The van der Waals surface area contributed by atoms with Crippen molar-refractivity contribution in [3.63, 3.8) is 0 Å². The highest BCUT2D eigenvalue weighted by atomic mass is 32.2. The van der Waals surface area contributed by atoms with Gasteiger partial charge in [0.15, 0.2) is 16.4 Å². The number of esters is 2. The standard InChI is InChI=1S/C28H44N4O4S/c1-5-7-8-9-10-11-12-13-14-15-16-17-18-19-20-21-22(33)36-26-24-23(31-32(26)3)25(27(34)35-6-2)30-28(29-24)37-4/h13-14H,5-12,15-21H2,1-4H3. The summed E-state index contributed by atoms with van der Waals surface area (Å²) in [6, 6.07) is 0. The Morgan fingerprint density at radius 2 is 1.49 bits per heavy atom. The molecule has 0 unspecified atom stereocenters. The van der Waals surface area contributed by atoms with E-state index in [9.17, 15) is 9.59 Å². The number of fused-ring (bicyclic) bond motifs is 1. The van der Waals surface area contributed by atoms with Gasteiger partial charge in [-0.05, 0) is 45.3 Å². The Labute approximate surface area is 226 Å². The van der Waals surface area contributed by atoms with Crippen LogP contribution in [0.5, 0.6) is 5.88 Å². The summed E-state index contributed by atoms with van der Waals surface area (Å²) in [5, 5.41) is 4.71. The smallest absolute Gasteiger partial charge is 0.359 e. The van der Waals surface area contributed by atoms with Gasteiger partial charge in [0.25, 0.3) is 0 Å². The number of rotatable bonds is 19. The molecule has 0 aromatic carbocycles. The maximum atomic E-state index is 12.5. The third-order valence-electron chi connectivity index (χ3n) is 6.11. The first-order valence-electron chi connectivity index (χ1n) is 13.8. The fourth-order valence-corrected chi connectivity index (χ4v) is 4.44. The second kappa shape index (κ2) is 17.9. The number of carbonyl (C=O) groups is 2. The van der Waals surface area contributed by atoms with E-state index in [1.54, 1.807) is 14.0 Å². The van der Waals surface area contributed by atoms with Crippen molar-refractivity contribution in [1.29, 1.82) is 0 Å². The second-order valence-corrected chi connectivity index (χ2v) is 9.99. The Morgan fingerprint density at radius 1 is 0.865 bits per heavy atom. The van der Waals surface area contributed by atoms with E-state index < -0.39 is 5.97 Å². The molecule has 0 aliphatic heterocycles. The van der Waals surface area contributed by atoms with Gasteiger partial charge >= 0.3 is 11.9 Å². The highest BCUT2D eigenvalue weighted by molar-refractivity contribution is 7.98. The molecule has 37 heavy (non-hydrogen) atoms. The molecular formula is C28H44N4O4S. The van der Waals surface area contributed by atoms with Crippen molar-refractivity contribution in [2.24, 2.45) is 7.05 Å². The lowest BCUT2D eigenvalue weighted by Gasteiger charge is -2.06. The van der Waals surface area contributed by atoms with Crippen molar-refractivity contribution in [2.45, 2.75) is 109 Å². The van der Waals surface area contributed by atoms with Gasteiger partial charge in [-0.2, -0.15) is 5.10 Å². The summed E-state index contributed by atoms with van der Waals surface area (Å²) in [4.78, 5) is 33.5. The molecule has 0 bridgehead atoms. The third-order valence-corrected chi connectivity index (χ3v) is 6.66. The first-order chi connectivity index (χ1) is 18.0. The van der Waals surface area contributed by atoms with Crippen LogP contribution in [-0.4, -0.2) is 44.5 Å². The number of hydrogen-bond donors (Lipinski definition) is 0. The number of aryl methyl sites for hydroxylation is 1. The van der Waals surface area contributed by atoms with Crippen LogP contribution in [0.4, 0.5) is 0 Å². The summed E-state index contributed by atoms with van der Waals surface area (Å²) in [6.07, 6.45) is 22.5. The van der Waals surface area contributed by atoms with Crippen molar-refractivity contribution in [2.75, 3.05) is 12.9 Å². The van der Waals surface area contributed by atoms with Crippen LogP contribution in [0.25, 0.3) is 11.0 Å². The Bertz CT molecular complexity index is 1010. The van der Waals surface area contributed by atoms with Crippen molar-refractivity contribution in [3.8, 4) is 5.88 Å². The Morgan fingerprint density at radius 3 is 2.11 bits per heavy atom. The average Bonchev–Trinajstić information content (AvgIpc) is 3.20. The molecule has 0 spiro atoms. The van der Waals surface area contributed by atoms with Crippen LogP contribution in [0.2, 0.25) is 0 Å². The summed E-state index contributed by atoms with van der Waals surface area (Å²) in [7, 11) is 1.65. The average molecular weight is 533 g/mol. The van der Waals surface area contributed by atoms with Gasteiger partial charge in [0, 0.05) is 13.5 Å². The van der Waals surface area contributed by atoms with Gasteiger partial charge in [-0.3, -0.25) is 4.79 Å². The summed E-state index contributed by atoms with van der Waals surface area (Å²) in [5.41, 5.74) is 0.678. The van der Waals surface area contributed by atoms with E-state index in [1.165, 1.54) is 74.2 Å². The molecule has 0 radical (unpaired) electrons. The molecule has 0 N–H and O–H groups in total. The molecule has 2 aromatic heterocycles. The molecule has 0 saturated carbocycles. The summed E-state index contributed by atoms with van der Waals surface area (Å²) in [6.45, 7) is 4.21. The first kappa shape index (κ1) is 30.8. The fourth-order valence-electron chi connectivity index (χ4n) is 4.07. The van der Waals surface area contributed by atoms with Crippen LogP contribution < -0.4 is 4.74 Å². The lowest BCUT2D eigenvalue weighted by molar-refractivity contribution is -0.134. The third kappa shape index (κ3) is 10.8. The molecule has 0 saturated heterocycles. The summed E-state index contributed by atoms with van der Waals surface area (Å²) < 4.78 is 12.1. The summed E-state index contributed by atoms with van der Waals surface area (Å²) >= 11 is 1.29. The topological polar surface area (TPSA) is 96.2 Å². The van der Waals surface area contributed by atoms with Crippen molar-refractivity contribution >= 4 is 34.7 Å². The van der Waals surface area contributed by atoms with Gasteiger partial charge in [0.2, 0.25) is 5.88 Å². The second-order valence-electron chi connectivity index (χ2n) is 9.21. The number of ether oxygens (including phenoxy) is 2. The number of hydrogen-bond acceptors (Lipinski definition) is 8. The Balaban J connectivity index is 1.70. The van der Waals surface area contributed by atoms with Crippen LogP contribution in [-0.2, 0) is 16.6 Å². The quantitative estimate of drug-likeness (QED) is 0.0616. The Hall–Kier alpha value is -2.42. The molecule has 2 heterocycles. The Kier molecular flexibility index (Phi) is 14.9. The van der Waals surface area contributed by atoms with Gasteiger partial charge in [-0.25, -0.2) is 19.4 Å². The van der Waals surface area contributed by atoms with Crippen LogP contribution >= 0.6 is 11.8 Å². The minimum absolute atomic E-state index is 0.0753. The number of carbonyl (C=O) groups excluding carboxylic acids is 2. The van der Waals surface area contributed by atoms with Crippen LogP contribution in [0.15, 0.2) is 17.3 Å². The lowest BCUT2D eigenvalue weighted by Crippen LogP contribution is -2.11. The largest absolute Gasteiger partial charge is 0.461 e. The number of nitrogens with zero attached hydrogens (tertiary/aromatic N) is 4. The van der Waals surface area contributed by atoms with Crippen molar-refractivity contribution in [3.05, 3.63) is 17.8 Å². The molecule has 2 aromatic rings. The molecule has 0 amide bonds. The number of unbranched alkanes of at least 4 members (excludes halogenated alkanes) is 11. The molecule has 9 heteroatoms. The molecule has 0 atom stereocenters. The van der Waals surface area contributed by atoms with Crippen LogP contribution in [0.3, 0.4) is 0 Å². The maximum absolute atomic E-state index is 12.5. The van der Waals surface area contributed by atoms with E-state index in [2.05, 4.69) is 34.1 Å². The van der Waals surface area contributed by atoms with E-state index >= 15 is 0 Å². The van der Waals surface area contributed by atoms with E-state index in [0.717, 1.165) is 25.7 Å². The van der Waals surface area contributed by atoms with Crippen molar-refractivity contribution < 1.29 is 19.1 Å². The molecule has 206 valence electrons. The number of aromatic nitrogens is 4. The highest BCUT2D eigenvalue weighted by Crippen LogP contribution is 2.28. The predicted octanol–water partition coefficient (Wildman–Crippen LogP) is 7.20. The minimum atomic E-state index is -0.575. The van der Waals surface area contributed by atoms with Gasteiger partial charge in [0.1, 0.15) is 5.52 Å². The molecular weight excluding hydrogens is 488 g/mol. The molecule has 0 aliphatic carbocycles. The number of allylic oxidation sites excluding steroid dienone is 2. The molecule has 0 fully saturated rings. The van der Waals surface area contributed by atoms with Gasteiger partial charge in [0.05, 0.1) is 6.61 Å². The fraction of sp³-hybridized carbons (Fsp3) is 0.679. The summed E-state index contributed by atoms with van der Waals surface area (Å²) in [5.74, 6) is -0.685. The zero-order chi connectivity index (χ0) is 26.9. The lowest BCUT2D eigenvalue weighted by atomic mass is 10.1. The minimum Gasteiger partial charge on any atom is -0.461 e. The van der Waals surface area contributed by atoms with Crippen LogP contribution in [0, 0.1) is 0 Å². The molecule has 8 nitrogen and oxygen atoms in total. The molecule has 0 aliphatic rings. The number of thioether (sulfide) groups is 1. The van der Waals surface area contributed by atoms with Gasteiger partial charge in [-0.1, -0.05) is 82.2 Å². The van der Waals surface area contributed by atoms with Gasteiger partial charge in [-0.15, -0.1) is 0 Å². The van der Waals surface area contributed by atoms with Crippen molar-refractivity contribution in [1.82, 2.24) is 19.7 Å². The predicted molar refractivity (Wildman–Crippen MR) is 149 cm³/mol. The highest BCUT2D eigenvalue weighted by Gasteiger charge is 2.24. The van der Waals surface area contributed by atoms with Crippen LogP contribution in [0.1, 0.15) is 114 Å². The zero-order valence-corrected chi connectivity index (χ0v) is 23.9. The monoisotopic (exact) mass is 532 g/mol. The van der Waals surface area contributed by atoms with E-state index in [0.29, 0.717) is 17.1 Å². The van der Waals surface area contributed by atoms with E-state index in [-0.39, 0.29) is 29.7 Å².